The molecule has 396 valence electrons. The summed E-state index contributed by atoms with van der Waals surface area (Å²) in [6.07, 6.45) is 1.13. The summed E-state index contributed by atoms with van der Waals surface area (Å²) in [5, 5.41) is 20.8. The molecule has 0 aliphatic heterocycles. The Hall–Kier alpha value is -9.32. The number of primary amides is 2. The maximum Gasteiger partial charge on any atom is 0.340 e. The molecule has 0 bridgehead atoms. The average Bonchev–Trinajstić information content (AvgIpc) is 4.15. The molecule has 4 heterocycles. The monoisotopic (exact) mass is 1050 g/mol. The summed E-state index contributed by atoms with van der Waals surface area (Å²) in [6, 6.07) is 23.7. The number of H-pyrrole nitrogens is 2. The molecule has 0 saturated heterocycles. The molecule has 0 fully saturated rings. The zero-order valence-electron chi connectivity index (χ0n) is 41.5. The third-order valence-corrected chi connectivity index (χ3v) is 12.0. The maximum atomic E-state index is 14.3. The van der Waals surface area contributed by atoms with Crippen molar-refractivity contribution in [2.75, 3.05) is 67.0 Å². The Bertz CT molecular complexity index is 3280. The molecule has 0 aliphatic rings. The van der Waals surface area contributed by atoms with Gasteiger partial charge in [-0.1, -0.05) is 24.3 Å². The van der Waals surface area contributed by atoms with Gasteiger partial charge in [0.2, 0.25) is 11.8 Å². The van der Waals surface area contributed by atoms with Gasteiger partial charge < -0.3 is 45.8 Å². The van der Waals surface area contributed by atoms with Gasteiger partial charge in [0.05, 0.1) is 85.1 Å². The van der Waals surface area contributed by atoms with E-state index in [0.29, 0.717) is 121 Å². The number of hydrogen-bond acceptors (Lipinski definition) is 15. The number of ether oxygens (including phenoxy) is 5. The number of aromatic amines is 2. The second kappa shape index (κ2) is 24.8. The van der Waals surface area contributed by atoms with Crippen molar-refractivity contribution in [3.05, 3.63) is 142 Å². The Labute approximate surface area is 437 Å². The van der Waals surface area contributed by atoms with E-state index in [2.05, 4.69) is 50.5 Å². The van der Waals surface area contributed by atoms with E-state index in [9.17, 15) is 37.5 Å². The summed E-state index contributed by atoms with van der Waals surface area (Å²) < 4.78 is 54.7. The van der Waals surface area contributed by atoms with Gasteiger partial charge in [0.15, 0.2) is 11.3 Å². The van der Waals surface area contributed by atoms with Crippen molar-refractivity contribution in [1.82, 2.24) is 41.0 Å². The number of pyridine rings is 2. The Morgan fingerprint density at radius 3 is 1.22 bits per heavy atom. The lowest BCUT2D eigenvalue weighted by Gasteiger charge is -2.09. The number of hydrogen-bond donors (Lipinski definition) is 6. The Kier molecular flexibility index (Phi) is 17.4. The third-order valence-electron chi connectivity index (χ3n) is 12.0. The Morgan fingerprint density at radius 2 is 0.857 bits per heavy atom. The lowest BCUT2D eigenvalue weighted by Crippen LogP contribution is -2.25. The van der Waals surface area contributed by atoms with Crippen LogP contribution in [0.5, 0.6) is 0 Å². The minimum Gasteiger partial charge on any atom is -0.465 e. The van der Waals surface area contributed by atoms with E-state index in [4.69, 9.17) is 25.7 Å². The predicted octanol–water partition coefficient (Wildman–Crippen LogP) is 5.94. The topological polar surface area (TPSA) is 308 Å². The van der Waals surface area contributed by atoms with Gasteiger partial charge in [0.1, 0.15) is 23.0 Å². The van der Waals surface area contributed by atoms with Crippen LogP contribution in [0.25, 0.3) is 67.1 Å². The molecule has 8 rings (SSSR count). The number of benzene rings is 4. The fourth-order valence-electron chi connectivity index (χ4n) is 8.12. The largest absolute Gasteiger partial charge is 0.465 e. The zero-order chi connectivity index (χ0) is 54.6. The first kappa shape index (κ1) is 54.0. The van der Waals surface area contributed by atoms with Crippen molar-refractivity contribution in [1.29, 1.82) is 0 Å². The first-order valence-corrected chi connectivity index (χ1v) is 23.9. The van der Waals surface area contributed by atoms with Crippen LogP contribution in [-0.2, 0) is 23.7 Å². The molecular formula is C54H50F2N10O11. The van der Waals surface area contributed by atoms with Crippen molar-refractivity contribution in [2.24, 2.45) is 11.5 Å². The number of nitrogens with zero attached hydrogens (tertiary/aromatic N) is 4. The van der Waals surface area contributed by atoms with Crippen LogP contribution in [-0.4, -0.2) is 133 Å². The molecule has 4 aromatic heterocycles. The molecule has 8 N–H and O–H groups in total. The number of nitrogens with two attached hydrogens (primary N) is 2. The van der Waals surface area contributed by atoms with Crippen LogP contribution in [0.4, 0.5) is 8.78 Å². The number of halogens is 2. The van der Waals surface area contributed by atoms with Gasteiger partial charge in [-0.3, -0.25) is 29.4 Å². The summed E-state index contributed by atoms with van der Waals surface area (Å²) in [7, 11) is 2.28. The van der Waals surface area contributed by atoms with Gasteiger partial charge in [0.25, 0.3) is 11.8 Å². The molecule has 0 saturated carbocycles. The molecule has 0 unspecified atom stereocenters. The molecule has 8 aromatic rings. The highest BCUT2D eigenvalue weighted by Crippen LogP contribution is 2.34. The number of rotatable bonds is 24. The zero-order valence-corrected chi connectivity index (χ0v) is 41.5. The van der Waals surface area contributed by atoms with Crippen LogP contribution < -0.4 is 22.1 Å². The molecule has 0 spiro atoms. The smallest absolute Gasteiger partial charge is 0.340 e. The number of aromatic nitrogens is 6. The lowest BCUT2D eigenvalue weighted by atomic mass is 10.0. The van der Waals surface area contributed by atoms with E-state index in [-0.39, 0.29) is 56.8 Å². The van der Waals surface area contributed by atoms with Crippen molar-refractivity contribution in [3.63, 3.8) is 0 Å². The van der Waals surface area contributed by atoms with Gasteiger partial charge >= 0.3 is 11.9 Å². The van der Waals surface area contributed by atoms with Crippen LogP contribution in [0.15, 0.2) is 97.1 Å². The normalized spacial score (nSPS) is 11.2. The number of amides is 4. The van der Waals surface area contributed by atoms with Crippen molar-refractivity contribution in [3.8, 4) is 45.0 Å². The van der Waals surface area contributed by atoms with Crippen LogP contribution in [0.2, 0.25) is 0 Å². The van der Waals surface area contributed by atoms with Gasteiger partial charge in [0, 0.05) is 59.7 Å². The molecule has 21 nitrogen and oxygen atoms in total. The lowest BCUT2D eigenvalue weighted by molar-refractivity contribution is 0.0139. The van der Waals surface area contributed by atoms with E-state index in [0.717, 1.165) is 26.4 Å². The van der Waals surface area contributed by atoms with Crippen molar-refractivity contribution >= 4 is 57.6 Å². The summed E-state index contributed by atoms with van der Waals surface area (Å²) in [5.74, 6) is -5.39. The average molecular weight is 1050 g/mol. The number of carbonyl (C=O) groups excluding carboxylic acids is 6. The molecule has 0 radical (unpaired) electrons. The van der Waals surface area contributed by atoms with E-state index < -0.39 is 35.4 Å². The summed E-state index contributed by atoms with van der Waals surface area (Å²) >= 11 is 0. The van der Waals surface area contributed by atoms with Crippen molar-refractivity contribution < 1.29 is 61.2 Å². The summed E-state index contributed by atoms with van der Waals surface area (Å²) in [5.41, 5.74) is 15.5. The van der Waals surface area contributed by atoms with Crippen LogP contribution in [0, 0.1) is 11.6 Å². The first-order valence-electron chi connectivity index (χ1n) is 23.9. The van der Waals surface area contributed by atoms with Crippen LogP contribution >= 0.6 is 0 Å². The minimum atomic E-state index is -0.868. The van der Waals surface area contributed by atoms with Crippen molar-refractivity contribution in [2.45, 2.75) is 12.8 Å². The number of methoxy groups -OCH3 is 2. The highest BCUT2D eigenvalue weighted by molar-refractivity contribution is 6.12. The molecule has 23 heteroatoms. The fourth-order valence-corrected chi connectivity index (χ4v) is 8.12. The maximum absolute atomic E-state index is 14.3. The van der Waals surface area contributed by atoms with Gasteiger partial charge in [-0.05, 0) is 85.6 Å². The third kappa shape index (κ3) is 12.6. The summed E-state index contributed by atoms with van der Waals surface area (Å²) in [6.45, 7) is 2.94. The van der Waals surface area contributed by atoms with Gasteiger partial charge in [-0.15, -0.1) is 0 Å². The van der Waals surface area contributed by atoms with Gasteiger partial charge in [-0.25, -0.2) is 28.3 Å². The number of esters is 2. The molecule has 4 amide bonds. The second-order valence-electron chi connectivity index (χ2n) is 17.0. The standard InChI is InChI=1S/C54H50F2N10O11/c1-73-53(71)35-25-33(13-15-39(35)55)41-27-37(47(57)67)43-45(63-65-49(43)61-41)29-5-9-31(10-6-29)51(69)59-17-3-19-75-21-23-77-24-22-76-20-4-18-60-52(70)32-11-7-30(8-12-32)46-44-38(48(58)68)28-42(62-50(44)66-64-46)34-14-16-40(56)36(26-34)54(72)74-2/h5-16,25-28H,3-4,17-24H2,1-2H3,(H2,57,67)(H2,58,68)(H,59,69)(H,60,70)(H,61,63,65)(H,62,64,66). The number of carbonyl (C=O) groups is 6. The minimum absolute atomic E-state index is 0.0920. The molecular weight excluding hydrogens is 1000 g/mol. The van der Waals surface area contributed by atoms with E-state index in [1.807, 2.05) is 0 Å². The molecule has 77 heavy (non-hydrogen) atoms. The van der Waals surface area contributed by atoms with Crippen LogP contribution in [0.1, 0.15) is 75.0 Å². The Balaban J connectivity index is 0.694. The highest BCUT2D eigenvalue weighted by Gasteiger charge is 2.23. The van der Waals surface area contributed by atoms with Crippen LogP contribution in [0.3, 0.4) is 0 Å². The molecule has 0 aliphatic carbocycles. The summed E-state index contributed by atoms with van der Waals surface area (Å²) in [4.78, 5) is 84.2. The highest BCUT2D eigenvalue weighted by atomic mass is 19.1. The number of nitrogens with one attached hydrogen (secondary N) is 4. The fraction of sp³-hybridized carbons (Fsp3) is 0.222. The van der Waals surface area contributed by atoms with E-state index in [1.54, 1.807) is 48.5 Å². The predicted molar refractivity (Wildman–Crippen MR) is 276 cm³/mol. The molecule has 0 atom stereocenters. The first-order chi connectivity index (χ1) is 37.3. The van der Waals surface area contributed by atoms with Gasteiger partial charge in [-0.2, -0.15) is 10.2 Å². The van der Waals surface area contributed by atoms with E-state index in [1.165, 1.54) is 36.4 Å². The quantitative estimate of drug-likeness (QED) is 0.0302. The number of fused-ring (bicyclic) bond motifs is 2. The Morgan fingerprint density at radius 1 is 0.494 bits per heavy atom. The SMILES string of the molecule is COC(=O)c1cc(-c2cc(C(N)=O)c3c(-c4ccc(C(=O)NCCCOCCOCCOCCCNC(=O)c5ccc(-c6n[nH]c7nc(-c8ccc(F)c(C(=O)OC)c8)cc(C(N)=O)c67)cc5)cc4)n[nH]c3n2)ccc1F. The molecule has 4 aromatic carbocycles. The van der Waals surface area contributed by atoms with E-state index >= 15 is 0 Å². The second-order valence-corrected chi connectivity index (χ2v) is 17.0.